The zero-order valence-corrected chi connectivity index (χ0v) is 33.0. The monoisotopic (exact) mass is 768 g/mol. The summed E-state index contributed by atoms with van der Waals surface area (Å²) in [7, 11) is 0. The first-order valence-electron chi connectivity index (χ1n) is 20.4. The molecule has 282 valence electrons. The molecule has 0 spiro atoms. The summed E-state index contributed by atoms with van der Waals surface area (Å²) < 4.78 is 6.51. The highest BCUT2D eigenvalue weighted by Gasteiger charge is 2.35. The fraction of sp³-hybridized carbons (Fsp3) is 0.0545. The van der Waals surface area contributed by atoms with E-state index in [0.29, 0.717) is 23.4 Å². The lowest BCUT2D eigenvalue weighted by Crippen LogP contribution is -2.15. The zero-order chi connectivity index (χ0) is 40.0. The minimum atomic E-state index is -0.146. The third kappa shape index (κ3) is 5.33. The maximum Gasteiger partial charge on any atom is 0.227 e. The Bertz CT molecular complexity index is 3510. The number of fused-ring (bicyclic) bond motifs is 10. The van der Waals surface area contributed by atoms with Gasteiger partial charge in [-0.25, -0.2) is 19.9 Å². The summed E-state index contributed by atoms with van der Waals surface area (Å²) in [4.78, 5) is 20.6. The van der Waals surface area contributed by atoms with Crippen LogP contribution in [0.2, 0.25) is 0 Å². The molecule has 0 atom stereocenters. The summed E-state index contributed by atoms with van der Waals surface area (Å²) in [5.41, 5.74) is 12.7. The van der Waals surface area contributed by atoms with E-state index in [9.17, 15) is 0 Å². The fourth-order valence-electron chi connectivity index (χ4n) is 9.29. The number of rotatable bonds is 5. The summed E-state index contributed by atoms with van der Waals surface area (Å²) >= 11 is 0. The van der Waals surface area contributed by atoms with Crippen LogP contribution in [0.4, 0.5) is 0 Å². The molecule has 5 nitrogen and oxygen atoms in total. The van der Waals surface area contributed by atoms with Gasteiger partial charge in [0.1, 0.15) is 5.52 Å². The zero-order valence-electron chi connectivity index (χ0n) is 33.0. The van der Waals surface area contributed by atoms with Gasteiger partial charge in [-0.2, -0.15) is 0 Å². The first kappa shape index (κ1) is 34.3. The average molecular weight is 769 g/mol. The topological polar surface area (TPSA) is 64.7 Å². The first-order chi connectivity index (χ1) is 29.5. The molecule has 0 amide bonds. The summed E-state index contributed by atoms with van der Waals surface area (Å²) in [6, 6.07) is 63.8. The molecule has 1 aliphatic rings. The minimum Gasteiger partial charge on any atom is -0.435 e. The van der Waals surface area contributed by atoms with Crippen LogP contribution in [-0.4, -0.2) is 19.9 Å². The van der Waals surface area contributed by atoms with Crippen molar-refractivity contribution in [2.45, 2.75) is 19.3 Å². The van der Waals surface area contributed by atoms with Crippen molar-refractivity contribution in [3.05, 3.63) is 193 Å². The molecule has 0 N–H and O–H groups in total. The van der Waals surface area contributed by atoms with Gasteiger partial charge in [0.05, 0.1) is 0 Å². The van der Waals surface area contributed by atoms with Crippen molar-refractivity contribution < 1.29 is 4.42 Å². The molecule has 0 radical (unpaired) electrons. The van der Waals surface area contributed by atoms with Crippen LogP contribution >= 0.6 is 0 Å². The Balaban J connectivity index is 0.974. The predicted molar refractivity (Wildman–Crippen MR) is 245 cm³/mol. The van der Waals surface area contributed by atoms with Crippen LogP contribution in [0.5, 0.6) is 0 Å². The lowest BCUT2D eigenvalue weighted by Gasteiger charge is -2.21. The molecular formula is C55H36N4O. The van der Waals surface area contributed by atoms with Crippen molar-refractivity contribution in [3.8, 4) is 67.9 Å². The molecule has 0 saturated carbocycles. The van der Waals surface area contributed by atoms with Gasteiger partial charge in [0.15, 0.2) is 23.1 Å². The predicted octanol–water partition coefficient (Wildman–Crippen LogP) is 14.1. The average Bonchev–Trinajstić information content (AvgIpc) is 3.86. The Kier molecular flexibility index (Phi) is 7.51. The van der Waals surface area contributed by atoms with Crippen LogP contribution in [-0.2, 0) is 5.41 Å². The summed E-state index contributed by atoms with van der Waals surface area (Å²) in [5.74, 6) is 2.55. The van der Waals surface area contributed by atoms with Gasteiger partial charge in [0.25, 0.3) is 0 Å². The van der Waals surface area contributed by atoms with Crippen LogP contribution in [0.3, 0.4) is 0 Å². The second kappa shape index (κ2) is 13.1. The molecule has 11 aromatic rings. The summed E-state index contributed by atoms with van der Waals surface area (Å²) in [5, 5.41) is 6.62. The van der Waals surface area contributed by atoms with E-state index >= 15 is 0 Å². The Labute approximate surface area is 346 Å². The van der Waals surface area contributed by atoms with Gasteiger partial charge in [-0.1, -0.05) is 166 Å². The number of hydrogen-bond acceptors (Lipinski definition) is 5. The Morgan fingerprint density at radius 1 is 0.367 bits per heavy atom. The molecule has 0 saturated heterocycles. The number of oxazole rings is 1. The van der Waals surface area contributed by atoms with Crippen molar-refractivity contribution >= 4 is 43.4 Å². The van der Waals surface area contributed by atoms with E-state index in [2.05, 4.69) is 166 Å². The van der Waals surface area contributed by atoms with Crippen molar-refractivity contribution in [1.29, 1.82) is 0 Å². The molecule has 5 heteroatoms. The highest BCUT2D eigenvalue weighted by atomic mass is 16.3. The largest absolute Gasteiger partial charge is 0.435 e. The van der Waals surface area contributed by atoms with E-state index in [4.69, 9.17) is 24.4 Å². The van der Waals surface area contributed by atoms with Gasteiger partial charge < -0.3 is 4.42 Å². The number of nitrogens with zero attached hydrogens (tertiary/aromatic N) is 4. The smallest absolute Gasteiger partial charge is 0.227 e. The Morgan fingerprint density at radius 2 is 0.983 bits per heavy atom. The molecule has 1 aliphatic carbocycles. The minimum absolute atomic E-state index is 0.146. The van der Waals surface area contributed by atoms with Crippen molar-refractivity contribution in [3.63, 3.8) is 0 Å². The Hall–Kier alpha value is -7.76. The lowest BCUT2D eigenvalue weighted by molar-refractivity contribution is 0.623. The molecule has 0 fully saturated rings. The lowest BCUT2D eigenvalue weighted by atomic mass is 9.82. The van der Waals surface area contributed by atoms with Crippen LogP contribution in [0.25, 0.3) is 111 Å². The van der Waals surface area contributed by atoms with Crippen LogP contribution in [0.15, 0.2) is 186 Å². The van der Waals surface area contributed by atoms with Crippen molar-refractivity contribution in [2.24, 2.45) is 0 Å². The highest BCUT2D eigenvalue weighted by Crippen LogP contribution is 2.49. The van der Waals surface area contributed by atoms with Crippen LogP contribution in [0.1, 0.15) is 25.0 Å². The van der Waals surface area contributed by atoms with Gasteiger partial charge in [-0.3, -0.25) is 0 Å². The SMILES string of the molecule is CC1(C)c2ccccc2-c2ccc(-c3nc(-c4ccc(-c5ccc6c(c5)c5ccccc5c5nc(-c7ccccc7)oc65)cc4)nc(-c4cccc5ccccc45)n3)cc21. The number of hydrogen-bond donors (Lipinski definition) is 0. The van der Waals surface area contributed by atoms with Gasteiger partial charge in [-0.05, 0) is 85.3 Å². The third-order valence-electron chi connectivity index (χ3n) is 12.4. The first-order valence-corrected chi connectivity index (χ1v) is 20.4. The fourth-order valence-corrected chi connectivity index (χ4v) is 9.29. The van der Waals surface area contributed by atoms with E-state index in [1.807, 2.05) is 30.3 Å². The molecule has 12 rings (SSSR count). The van der Waals surface area contributed by atoms with Crippen LogP contribution in [0, 0.1) is 0 Å². The second-order valence-corrected chi connectivity index (χ2v) is 16.2. The maximum atomic E-state index is 6.51. The van der Waals surface area contributed by atoms with Crippen LogP contribution < -0.4 is 0 Å². The van der Waals surface area contributed by atoms with Crippen molar-refractivity contribution in [1.82, 2.24) is 19.9 Å². The number of benzene rings is 9. The highest BCUT2D eigenvalue weighted by molar-refractivity contribution is 6.23. The molecule has 2 heterocycles. The molecule has 2 aromatic heterocycles. The molecule has 60 heavy (non-hydrogen) atoms. The molecular weight excluding hydrogens is 733 g/mol. The van der Waals surface area contributed by atoms with E-state index in [-0.39, 0.29) is 5.41 Å². The van der Waals surface area contributed by atoms with Gasteiger partial charge in [0, 0.05) is 38.4 Å². The molecule has 0 unspecified atom stereocenters. The van der Waals surface area contributed by atoms with E-state index in [0.717, 1.165) is 76.8 Å². The molecule has 9 aromatic carbocycles. The Morgan fingerprint density at radius 3 is 1.83 bits per heavy atom. The standard InChI is InChI=1S/C55H36N4O/c1-55(2)47-22-11-10-19-41(47)42-29-28-38(32-48(42)55)52-57-51(58-53(59-52)45-21-12-16-34-13-6-7-17-39(34)45)35-25-23-33(24-26-35)37-27-30-44-46(31-37)40-18-8-9-20-43(40)49-50(44)60-54(56-49)36-14-4-3-5-15-36/h3-32H,1-2H3. The summed E-state index contributed by atoms with van der Waals surface area (Å²) in [6.07, 6.45) is 0. The van der Waals surface area contributed by atoms with E-state index < -0.39 is 0 Å². The quantitative estimate of drug-likeness (QED) is 0.163. The van der Waals surface area contributed by atoms with Crippen molar-refractivity contribution in [2.75, 3.05) is 0 Å². The van der Waals surface area contributed by atoms with Gasteiger partial charge >= 0.3 is 0 Å². The van der Waals surface area contributed by atoms with Gasteiger partial charge in [0.2, 0.25) is 5.89 Å². The van der Waals surface area contributed by atoms with Gasteiger partial charge in [-0.15, -0.1) is 0 Å². The maximum absolute atomic E-state index is 6.51. The van der Waals surface area contributed by atoms with E-state index in [1.165, 1.54) is 22.3 Å². The molecule has 0 aliphatic heterocycles. The molecule has 0 bridgehead atoms. The number of aromatic nitrogens is 4. The third-order valence-corrected chi connectivity index (χ3v) is 12.4. The van der Waals surface area contributed by atoms with E-state index in [1.54, 1.807) is 0 Å². The normalized spacial score (nSPS) is 13.0. The summed E-state index contributed by atoms with van der Waals surface area (Å²) in [6.45, 7) is 4.61. The second-order valence-electron chi connectivity index (χ2n) is 16.2.